The summed E-state index contributed by atoms with van der Waals surface area (Å²) in [5, 5.41) is 12.5. The van der Waals surface area contributed by atoms with E-state index in [0.717, 1.165) is 45.2 Å². The highest BCUT2D eigenvalue weighted by atomic mass is 35.5. The fraction of sp³-hybridized carbons (Fsp3) is 0.900. The van der Waals surface area contributed by atoms with Gasteiger partial charge in [-0.1, -0.05) is 6.42 Å². The predicted octanol–water partition coefficient (Wildman–Crippen LogP) is 1.66. The normalized spacial score (nSPS) is 26.0. The molecule has 0 amide bonds. The van der Waals surface area contributed by atoms with E-state index < -0.39 is 5.97 Å². The van der Waals surface area contributed by atoms with Gasteiger partial charge in [-0.05, 0) is 44.7 Å². The quantitative estimate of drug-likeness (QED) is 0.743. The van der Waals surface area contributed by atoms with Crippen LogP contribution in [-0.2, 0) is 4.79 Å². The van der Waals surface area contributed by atoms with E-state index in [1.165, 1.54) is 0 Å². The van der Waals surface area contributed by atoms with Gasteiger partial charge in [-0.2, -0.15) is 0 Å². The number of halogens is 1. The van der Waals surface area contributed by atoms with E-state index in [1.807, 2.05) is 0 Å². The van der Waals surface area contributed by atoms with Gasteiger partial charge in [-0.25, -0.2) is 0 Å². The molecule has 1 aliphatic carbocycles. The summed E-state index contributed by atoms with van der Waals surface area (Å²) in [6, 6.07) is 0. The summed E-state index contributed by atoms with van der Waals surface area (Å²) in [6.45, 7) is 2.00. The van der Waals surface area contributed by atoms with E-state index in [4.69, 9.17) is 0 Å². The van der Waals surface area contributed by atoms with Crippen LogP contribution < -0.4 is 5.32 Å². The van der Waals surface area contributed by atoms with Crippen molar-refractivity contribution in [3.05, 3.63) is 0 Å². The maximum atomic E-state index is 11.2. The smallest absolute Gasteiger partial charge is 0.309 e. The highest BCUT2D eigenvalue weighted by Gasteiger charge is 2.50. The molecule has 1 aliphatic heterocycles. The van der Waals surface area contributed by atoms with Crippen LogP contribution in [0.4, 0.5) is 0 Å². The molecule has 0 aromatic carbocycles. The van der Waals surface area contributed by atoms with Gasteiger partial charge in [0.25, 0.3) is 0 Å². The first kappa shape index (κ1) is 11.8. The number of nitrogens with one attached hydrogen (secondary N) is 1. The Bertz CT molecular complexity index is 210. The minimum atomic E-state index is -0.550. The van der Waals surface area contributed by atoms with Crippen LogP contribution in [-0.4, -0.2) is 24.2 Å². The van der Waals surface area contributed by atoms with Crippen molar-refractivity contribution in [3.8, 4) is 0 Å². The summed E-state index contributed by atoms with van der Waals surface area (Å²) in [6.07, 6.45) is 5.02. The molecule has 0 aromatic heterocycles. The second-order valence-corrected chi connectivity index (χ2v) is 4.34. The molecular weight excluding hydrogens is 202 g/mol. The lowest BCUT2D eigenvalue weighted by molar-refractivity contribution is -0.161. The lowest BCUT2D eigenvalue weighted by atomic mass is 9.59. The fourth-order valence-corrected chi connectivity index (χ4v) is 2.73. The monoisotopic (exact) mass is 219 g/mol. The van der Waals surface area contributed by atoms with Gasteiger partial charge < -0.3 is 10.4 Å². The van der Waals surface area contributed by atoms with Crippen molar-refractivity contribution in [2.75, 3.05) is 13.1 Å². The van der Waals surface area contributed by atoms with Crippen LogP contribution in [0.3, 0.4) is 0 Å². The molecule has 2 N–H and O–H groups in total. The van der Waals surface area contributed by atoms with Crippen molar-refractivity contribution in [2.24, 2.45) is 11.3 Å². The molecule has 0 spiro atoms. The molecule has 3 nitrogen and oxygen atoms in total. The summed E-state index contributed by atoms with van der Waals surface area (Å²) in [7, 11) is 0. The third-order valence-corrected chi connectivity index (χ3v) is 3.79. The number of piperidine rings is 1. The molecule has 14 heavy (non-hydrogen) atoms. The van der Waals surface area contributed by atoms with Gasteiger partial charge >= 0.3 is 5.97 Å². The lowest BCUT2D eigenvalue weighted by Crippen LogP contribution is -2.48. The molecule has 2 fully saturated rings. The van der Waals surface area contributed by atoms with Crippen molar-refractivity contribution < 1.29 is 9.90 Å². The molecule has 0 unspecified atom stereocenters. The lowest BCUT2D eigenvalue weighted by Gasteiger charge is -2.45. The van der Waals surface area contributed by atoms with Crippen LogP contribution in [0.15, 0.2) is 0 Å². The SMILES string of the molecule is Cl.O=C(O)C1(C2CCNCC2)CCC1. The highest BCUT2D eigenvalue weighted by Crippen LogP contribution is 2.50. The maximum absolute atomic E-state index is 11.2. The van der Waals surface area contributed by atoms with Crippen LogP contribution in [0, 0.1) is 11.3 Å². The molecule has 0 atom stereocenters. The van der Waals surface area contributed by atoms with Crippen LogP contribution in [0.25, 0.3) is 0 Å². The molecule has 0 radical (unpaired) electrons. The Morgan fingerprint density at radius 2 is 1.86 bits per heavy atom. The first-order valence-electron chi connectivity index (χ1n) is 5.20. The Hall–Kier alpha value is -0.280. The van der Waals surface area contributed by atoms with Gasteiger partial charge in [0, 0.05) is 0 Å². The number of rotatable bonds is 2. The second-order valence-electron chi connectivity index (χ2n) is 4.34. The first-order valence-corrected chi connectivity index (χ1v) is 5.20. The van der Waals surface area contributed by atoms with Gasteiger partial charge in [0.15, 0.2) is 0 Å². The largest absolute Gasteiger partial charge is 0.481 e. The van der Waals surface area contributed by atoms with Crippen molar-refractivity contribution >= 4 is 18.4 Å². The van der Waals surface area contributed by atoms with E-state index in [-0.39, 0.29) is 17.8 Å². The number of hydrogen-bond acceptors (Lipinski definition) is 2. The Kier molecular flexibility index (Phi) is 3.78. The summed E-state index contributed by atoms with van der Waals surface area (Å²) in [4.78, 5) is 11.2. The molecule has 4 heteroatoms. The zero-order valence-corrected chi connectivity index (χ0v) is 9.11. The molecule has 2 rings (SSSR count). The van der Waals surface area contributed by atoms with Gasteiger partial charge in [-0.15, -0.1) is 12.4 Å². The third-order valence-electron chi connectivity index (χ3n) is 3.79. The van der Waals surface area contributed by atoms with Crippen LogP contribution in [0.1, 0.15) is 32.1 Å². The molecule has 82 valence electrons. The predicted molar refractivity (Wildman–Crippen MR) is 56.8 cm³/mol. The molecule has 2 aliphatic rings. The zero-order valence-electron chi connectivity index (χ0n) is 8.29. The topological polar surface area (TPSA) is 49.3 Å². The van der Waals surface area contributed by atoms with Gasteiger partial charge in [0.2, 0.25) is 0 Å². The van der Waals surface area contributed by atoms with Gasteiger partial charge in [0.1, 0.15) is 0 Å². The fourth-order valence-electron chi connectivity index (χ4n) is 2.73. The summed E-state index contributed by atoms with van der Waals surface area (Å²) < 4.78 is 0. The standard InChI is InChI=1S/C10H17NO2.ClH/c12-9(13)10(4-1-5-10)8-2-6-11-7-3-8;/h8,11H,1-7H2,(H,12,13);1H. The minimum absolute atomic E-state index is 0. The van der Waals surface area contributed by atoms with Crippen LogP contribution in [0.5, 0.6) is 0 Å². The number of hydrogen-bond donors (Lipinski definition) is 2. The van der Waals surface area contributed by atoms with E-state index in [1.54, 1.807) is 0 Å². The molecule has 0 bridgehead atoms. The van der Waals surface area contributed by atoms with Crippen LogP contribution in [0.2, 0.25) is 0 Å². The second kappa shape index (κ2) is 4.49. The third kappa shape index (κ3) is 1.75. The Labute approximate surface area is 90.7 Å². The van der Waals surface area contributed by atoms with Gasteiger partial charge in [0.05, 0.1) is 5.41 Å². The number of carboxylic acid groups (broad SMARTS) is 1. The average Bonchev–Trinajstić information content (AvgIpc) is 2.03. The van der Waals surface area contributed by atoms with E-state index in [0.29, 0.717) is 5.92 Å². The number of carboxylic acids is 1. The molecule has 0 aromatic rings. The van der Waals surface area contributed by atoms with Crippen LogP contribution >= 0.6 is 12.4 Å². The average molecular weight is 220 g/mol. The zero-order chi connectivity index (χ0) is 9.31. The van der Waals surface area contributed by atoms with E-state index in [9.17, 15) is 9.90 Å². The van der Waals surface area contributed by atoms with Crippen molar-refractivity contribution in [1.29, 1.82) is 0 Å². The Balaban J connectivity index is 0.000000980. The summed E-state index contributed by atoms with van der Waals surface area (Å²) in [5.74, 6) is -0.120. The summed E-state index contributed by atoms with van der Waals surface area (Å²) >= 11 is 0. The van der Waals surface area contributed by atoms with E-state index in [2.05, 4.69) is 5.32 Å². The Morgan fingerprint density at radius 3 is 2.21 bits per heavy atom. The Morgan fingerprint density at radius 1 is 1.29 bits per heavy atom. The molecule has 1 saturated carbocycles. The highest BCUT2D eigenvalue weighted by molar-refractivity contribution is 5.85. The molecule has 1 heterocycles. The number of carbonyl (C=O) groups is 1. The molecule has 1 saturated heterocycles. The van der Waals surface area contributed by atoms with Crippen molar-refractivity contribution in [1.82, 2.24) is 5.32 Å². The summed E-state index contributed by atoms with van der Waals surface area (Å²) in [5.41, 5.74) is -0.331. The number of aliphatic carboxylic acids is 1. The van der Waals surface area contributed by atoms with Gasteiger partial charge in [-0.3, -0.25) is 4.79 Å². The van der Waals surface area contributed by atoms with Crippen molar-refractivity contribution in [3.63, 3.8) is 0 Å². The maximum Gasteiger partial charge on any atom is 0.309 e. The van der Waals surface area contributed by atoms with E-state index >= 15 is 0 Å². The minimum Gasteiger partial charge on any atom is -0.481 e. The molecular formula is C10H18ClNO2. The van der Waals surface area contributed by atoms with Crippen molar-refractivity contribution in [2.45, 2.75) is 32.1 Å². The first-order chi connectivity index (χ1) is 6.26.